The number of thioether (sulfide) groups is 1. The van der Waals surface area contributed by atoms with E-state index in [1.165, 1.54) is 53.4 Å². The van der Waals surface area contributed by atoms with Crippen LogP contribution in [0.5, 0.6) is 5.75 Å². The molecule has 1 atom stereocenters. The van der Waals surface area contributed by atoms with Gasteiger partial charge < -0.3 is 20.7 Å². The third-order valence-corrected chi connectivity index (χ3v) is 9.87. The summed E-state index contributed by atoms with van der Waals surface area (Å²) in [6.07, 6.45) is 1.44. The lowest BCUT2D eigenvalue weighted by atomic mass is 10.1. The molecule has 5 aromatic carbocycles. The van der Waals surface area contributed by atoms with E-state index in [2.05, 4.69) is 20.9 Å². The van der Waals surface area contributed by atoms with Gasteiger partial charge in [-0.25, -0.2) is 4.98 Å². The number of ether oxygens (including phenoxy) is 1. The van der Waals surface area contributed by atoms with E-state index in [1.807, 2.05) is 66.9 Å². The van der Waals surface area contributed by atoms with E-state index in [4.69, 9.17) is 4.74 Å². The molecule has 6 aromatic rings. The van der Waals surface area contributed by atoms with Crippen LogP contribution in [0.25, 0.3) is 17.3 Å². The van der Waals surface area contributed by atoms with E-state index in [-0.39, 0.29) is 17.3 Å². The number of non-ortho nitro benzene ring substituents is 1. The summed E-state index contributed by atoms with van der Waals surface area (Å²) in [5.74, 6) is -0.572. The van der Waals surface area contributed by atoms with Gasteiger partial charge in [-0.05, 0) is 96.9 Å². The summed E-state index contributed by atoms with van der Waals surface area (Å²) in [7, 11) is 0. The van der Waals surface area contributed by atoms with E-state index < -0.39 is 22.0 Å². The van der Waals surface area contributed by atoms with E-state index in [0.29, 0.717) is 28.6 Å². The van der Waals surface area contributed by atoms with E-state index in [0.717, 1.165) is 27.5 Å². The number of nitrogens with one attached hydrogen (secondary N) is 3. The number of carbonyl (C=O) groups excluding carboxylic acids is 3. The van der Waals surface area contributed by atoms with Crippen molar-refractivity contribution in [2.24, 2.45) is 0 Å². The molecule has 1 unspecified atom stereocenters. The molecule has 0 saturated heterocycles. The lowest BCUT2D eigenvalue weighted by molar-refractivity contribution is -0.384. The molecule has 11 nitrogen and oxygen atoms in total. The van der Waals surface area contributed by atoms with Crippen LogP contribution in [0.3, 0.4) is 0 Å². The molecule has 6 rings (SSSR count). The first-order valence-electron chi connectivity index (χ1n) is 16.7. The molecule has 1 heterocycles. The molecule has 13 heteroatoms. The third-order valence-electron chi connectivity index (χ3n) is 7.85. The van der Waals surface area contributed by atoms with Gasteiger partial charge in [0.2, 0.25) is 5.91 Å². The Morgan fingerprint density at radius 3 is 2.17 bits per heavy atom. The van der Waals surface area contributed by atoms with Gasteiger partial charge in [0.05, 0.1) is 17.2 Å². The second-order valence-electron chi connectivity index (χ2n) is 11.6. The minimum atomic E-state index is -0.617. The predicted molar refractivity (Wildman–Crippen MR) is 212 cm³/mol. The number of hydrogen-bond donors (Lipinski definition) is 3. The first-order chi connectivity index (χ1) is 26.2. The Balaban J connectivity index is 1.16. The van der Waals surface area contributed by atoms with Crippen molar-refractivity contribution in [2.45, 2.75) is 17.1 Å². The molecule has 3 amide bonds. The molecule has 0 fully saturated rings. The number of anilines is 2. The van der Waals surface area contributed by atoms with E-state index in [1.54, 1.807) is 54.6 Å². The summed E-state index contributed by atoms with van der Waals surface area (Å²) in [4.78, 5) is 56.3. The second kappa shape index (κ2) is 17.8. The van der Waals surface area contributed by atoms with Crippen molar-refractivity contribution in [3.8, 4) is 17.0 Å². The first-order valence-corrected chi connectivity index (χ1v) is 18.5. The van der Waals surface area contributed by atoms with Crippen molar-refractivity contribution in [2.75, 3.05) is 17.2 Å². The second-order valence-corrected chi connectivity index (χ2v) is 13.6. The number of carbonyl (C=O) groups is 3. The standard InChI is InChI=1S/C41H33N5O6S2/c1-2-52-33-21-15-28(16-22-33)36-26-53-41(44-36)45-40(49)37(29-9-5-3-6-10-29)54-34-23-17-31(18-24-34)42-39(48)35(43-38(47)30-11-7-4-8-12-30)25-27-13-19-32(20-14-27)46(50)51/h3-26,37H,2H2,1H3,(H,42,48)(H,43,47)(H,44,45,49)/b35-25-. The van der Waals surface area contributed by atoms with Crippen molar-refractivity contribution < 1.29 is 24.0 Å². The van der Waals surface area contributed by atoms with Crippen LogP contribution >= 0.6 is 23.1 Å². The molecule has 0 saturated carbocycles. The molecule has 0 aliphatic heterocycles. The molecule has 0 radical (unpaired) electrons. The Morgan fingerprint density at radius 2 is 1.52 bits per heavy atom. The van der Waals surface area contributed by atoms with Gasteiger partial charge in [-0.1, -0.05) is 48.5 Å². The Morgan fingerprint density at radius 1 is 0.852 bits per heavy atom. The molecule has 3 N–H and O–H groups in total. The molecular formula is C41H33N5O6S2. The van der Waals surface area contributed by atoms with Crippen LogP contribution in [0.1, 0.15) is 33.7 Å². The van der Waals surface area contributed by atoms with Crippen LogP contribution in [0, 0.1) is 10.1 Å². The summed E-state index contributed by atoms with van der Waals surface area (Å²) in [6.45, 7) is 2.51. The lowest BCUT2D eigenvalue weighted by Crippen LogP contribution is -2.30. The summed E-state index contributed by atoms with van der Waals surface area (Å²) < 4.78 is 5.53. The quantitative estimate of drug-likeness (QED) is 0.0431. The van der Waals surface area contributed by atoms with Gasteiger partial charge >= 0.3 is 0 Å². The van der Waals surface area contributed by atoms with Crippen molar-refractivity contribution >= 4 is 63.4 Å². The topological polar surface area (TPSA) is 153 Å². The smallest absolute Gasteiger partial charge is 0.272 e. The number of thiazole rings is 1. The van der Waals surface area contributed by atoms with Crippen LogP contribution in [-0.4, -0.2) is 34.2 Å². The number of nitro groups is 1. The highest BCUT2D eigenvalue weighted by Crippen LogP contribution is 2.37. The van der Waals surface area contributed by atoms with Crippen molar-refractivity contribution in [1.82, 2.24) is 10.3 Å². The monoisotopic (exact) mass is 755 g/mol. The van der Waals surface area contributed by atoms with Crippen LogP contribution in [-0.2, 0) is 9.59 Å². The van der Waals surface area contributed by atoms with Crippen LogP contribution < -0.4 is 20.7 Å². The normalized spacial score (nSPS) is 11.6. The van der Waals surface area contributed by atoms with Gasteiger partial charge in [-0.3, -0.25) is 24.5 Å². The molecule has 1 aromatic heterocycles. The van der Waals surface area contributed by atoms with Gasteiger partial charge in [-0.2, -0.15) is 0 Å². The molecule has 270 valence electrons. The summed E-state index contributed by atoms with van der Waals surface area (Å²) >= 11 is 2.68. The lowest BCUT2D eigenvalue weighted by Gasteiger charge is -2.17. The van der Waals surface area contributed by atoms with Gasteiger partial charge in [-0.15, -0.1) is 23.1 Å². The molecular weight excluding hydrogens is 723 g/mol. The minimum absolute atomic E-state index is 0.0650. The zero-order chi connectivity index (χ0) is 37.9. The van der Waals surface area contributed by atoms with E-state index >= 15 is 0 Å². The maximum atomic E-state index is 13.7. The Bertz CT molecular complexity index is 2260. The zero-order valence-electron chi connectivity index (χ0n) is 28.8. The summed E-state index contributed by atoms with van der Waals surface area (Å²) in [5, 5.41) is 21.3. The van der Waals surface area contributed by atoms with Crippen molar-refractivity contribution in [3.05, 3.63) is 171 Å². The SMILES string of the molecule is CCOc1ccc(-c2csc(NC(=O)C(Sc3ccc(NC(=O)/C(=C/c4ccc([N+](=O)[O-])cc4)NC(=O)c4ccccc4)cc3)c3ccccc3)n2)cc1. The van der Waals surface area contributed by atoms with Crippen LogP contribution in [0.4, 0.5) is 16.5 Å². The van der Waals surface area contributed by atoms with E-state index in [9.17, 15) is 24.5 Å². The Hall–Kier alpha value is -6.57. The number of benzene rings is 5. The highest BCUT2D eigenvalue weighted by atomic mass is 32.2. The minimum Gasteiger partial charge on any atom is -0.494 e. The Kier molecular flexibility index (Phi) is 12.2. The maximum absolute atomic E-state index is 13.7. The van der Waals surface area contributed by atoms with Crippen LogP contribution in [0.15, 0.2) is 149 Å². The fraction of sp³-hybridized carbons (Fsp3) is 0.0732. The Labute approximate surface area is 319 Å². The van der Waals surface area contributed by atoms with Crippen LogP contribution in [0.2, 0.25) is 0 Å². The van der Waals surface area contributed by atoms with Crippen molar-refractivity contribution in [3.63, 3.8) is 0 Å². The molecule has 54 heavy (non-hydrogen) atoms. The number of rotatable bonds is 14. The third kappa shape index (κ3) is 9.85. The van der Waals surface area contributed by atoms with Gasteiger partial charge in [0, 0.05) is 39.2 Å². The summed E-state index contributed by atoms with van der Waals surface area (Å²) in [6, 6.07) is 38.1. The average Bonchev–Trinajstić information content (AvgIpc) is 3.66. The number of hydrogen-bond acceptors (Lipinski definition) is 9. The largest absolute Gasteiger partial charge is 0.494 e. The molecule has 0 aliphatic carbocycles. The predicted octanol–water partition coefficient (Wildman–Crippen LogP) is 9.00. The van der Waals surface area contributed by atoms with Gasteiger partial charge in [0.1, 0.15) is 16.7 Å². The van der Waals surface area contributed by atoms with Crippen molar-refractivity contribution in [1.29, 1.82) is 0 Å². The number of nitrogens with zero attached hydrogens (tertiary/aromatic N) is 2. The first kappa shape index (κ1) is 37.2. The average molecular weight is 756 g/mol. The zero-order valence-corrected chi connectivity index (χ0v) is 30.4. The number of nitro benzene ring substituents is 1. The molecule has 0 bridgehead atoms. The summed E-state index contributed by atoms with van der Waals surface area (Å²) in [5.41, 5.74) is 3.55. The molecule has 0 spiro atoms. The van der Waals surface area contributed by atoms with Gasteiger partial charge in [0.25, 0.3) is 17.5 Å². The fourth-order valence-corrected chi connectivity index (χ4v) is 6.92. The highest BCUT2D eigenvalue weighted by Gasteiger charge is 2.24. The van der Waals surface area contributed by atoms with Gasteiger partial charge in [0.15, 0.2) is 5.13 Å². The number of amides is 3. The maximum Gasteiger partial charge on any atom is 0.272 e. The fourth-order valence-electron chi connectivity index (χ4n) is 5.18. The highest BCUT2D eigenvalue weighted by molar-refractivity contribution is 8.00. The number of aromatic nitrogens is 1. The molecule has 0 aliphatic rings.